The summed E-state index contributed by atoms with van der Waals surface area (Å²) in [6.07, 6.45) is 0.504. The Hall–Kier alpha value is -4.08. The smallest absolute Gasteiger partial charge is 0.326 e. The van der Waals surface area contributed by atoms with Crippen molar-refractivity contribution in [3.05, 3.63) is 59.2 Å². The van der Waals surface area contributed by atoms with Crippen LogP contribution in [0.4, 0.5) is 0 Å². The zero-order valence-electron chi connectivity index (χ0n) is 21.8. The second-order valence-corrected chi connectivity index (χ2v) is 9.11. The van der Waals surface area contributed by atoms with E-state index in [4.69, 9.17) is 20.3 Å². The third-order valence-electron chi connectivity index (χ3n) is 5.80. The van der Waals surface area contributed by atoms with E-state index in [1.165, 1.54) is 6.92 Å². The van der Waals surface area contributed by atoms with Gasteiger partial charge in [0.05, 0.1) is 26.7 Å². The number of amides is 3. The molecule has 10 heteroatoms. The molecule has 2 atom stereocenters. The van der Waals surface area contributed by atoms with Gasteiger partial charge in [0.2, 0.25) is 11.8 Å². The first-order valence-corrected chi connectivity index (χ1v) is 11.9. The van der Waals surface area contributed by atoms with Gasteiger partial charge in [-0.25, -0.2) is 4.79 Å². The van der Waals surface area contributed by atoms with Crippen molar-refractivity contribution in [3.63, 3.8) is 0 Å². The van der Waals surface area contributed by atoms with Crippen LogP contribution in [0.2, 0.25) is 0 Å². The molecular formula is C27H35N3O7. The van der Waals surface area contributed by atoms with E-state index in [0.29, 0.717) is 30.0 Å². The number of benzene rings is 2. The number of rotatable bonds is 10. The number of carboxylic acids is 1. The average Bonchev–Trinajstić information content (AvgIpc) is 3.17. The molecule has 0 bridgehead atoms. The number of carbonyl (C=O) groups is 4. The molecule has 2 aromatic rings. The van der Waals surface area contributed by atoms with Gasteiger partial charge < -0.3 is 30.5 Å². The number of nitrogens with zero attached hydrogens (tertiary/aromatic N) is 1. The molecule has 0 aromatic heterocycles. The molecule has 1 aliphatic rings. The number of nitrogens with one attached hydrogen (secondary N) is 1. The summed E-state index contributed by atoms with van der Waals surface area (Å²) >= 11 is 0. The number of ether oxygens (including phenoxy) is 2. The molecule has 0 saturated heterocycles. The van der Waals surface area contributed by atoms with Gasteiger partial charge in [-0.05, 0) is 41.7 Å². The van der Waals surface area contributed by atoms with Gasteiger partial charge in [-0.2, -0.15) is 0 Å². The van der Waals surface area contributed by atoms with Crippen molar-refractivity contribution in [2.75, 3.05) is 14.2 Å². The van der Waals surface area contributed by atoms with E-state index in [0.717, 1.165) is 11.1 Å². The van der Waals surface area contributed by atoms with Gasteiger partial charge in [-0.3, -0.25) is 14.4 Å². The minimum Gasteiger partial charge on any atom is -0.493 e. The van der Waals surface area contributed by atoms with E-state index >= 15 is 0 Å². The second kappa shape index (κ2) is 13.3. The Morgan fingerprint density at radius 2 is 1.73 bits per heavy atom. The minimum atomic E-state index is -0.973. The fourth-order valence-electron chi connectivity index (χ4n) is 4.13. The molecule has 2 unspecified atom stereocenters. The van der Waals surface area contributed by atoms with Gasteiger partial charge in [-0.1, -0.05) is 38.1 Å². The Morgan fingerprint density at radius 1 is 1.08 bits per heavy atom. The molecule has 0 radical (unpaired) electrons. The summed E-state index contributed by atoms with van der Waals surface area (Å²) in [4.78, 5) is 47.2. The largest absolute Gasteiger partial charge is 0.493 e. The first-order valence-electron chi connectivity index (χ1n) is 11.9. The number of methoxy groups -OCH3 is 2. The highest BCUT2D eigenvalue weighted by molar-refractivity contribution is 5.98. The number of nitrogens with two attached hydrogens (primary N) is 1. The lowest BCUT2D eigenvalue weighted by molar-refractivity contribution is -0.142. The van der Waals surface area contributed by atoms with Crippen LogP contribution >= 0.6 is 0 Å². The highest BCUT2D eigenvalue weighted by Gasteiger charge is 2.34. The van der Waals surface area contributed by atoms with Crippen LogP contribution in [0.1, 0.15) is 61.1 Å². The molecule has 200 valence electrons. The average molecular weight is 514 g/mol. The zero-order valence-corrected chi connectivity index (χ0v) is 21.8. The van der Waals surface area contributed by atoms with Crippen LogP contribution in [0, 0.1) is 5.92 Å². The van der Waals surface area contributed by atoms with E-state index in [1.807, 2.05) is 38.1 Å². The summed E-state index contributed by atoms with van der Waals surface area (Å²) in [6, 6.07) is 11.6. The predicted octanol–water partition coefficient (Wildman–Crippen LogP) is 2.90. The van der Waals surface area contributed by atoms with E-state index in [2.05, 4.69) is 5.32 Å². The molecule has 1 heterocycles. The summed E-state index contributed by atoms with van der Waals surface area (Å²) in [5.74, 6) is -0.459. The SMILES string of the molecule is CC(=O)NC(CC(C)C)C(=O)O.COc1ccc(C(CC(N)=O)N2Cc3ccccc3C2=O)cc1OC. The van der Waals surface area contributed by atoms with E-state index in [9.17, 15) is 19.2 Å². The van der Waals surface area contributed by atoms with Crippen LogP contribution < -0.4 is 20.5 Å². The fourth-order valence-corrected chi connectivity index (χ4v) is 4.13. The third-order valence-corrected chi connectivity index (χ3v) is 5.80. The topological polar surface area (TPSA) is 148 Å². The second-order valence-electron chi connectivity index (χ2n) is 9.11. The lowest BCUT2D eigenvalue weighted by Gasteiger charge is -2.28. The summed E-state index contributed by atoms with van der Waals surface area (Å²) in [5.41, 5.74) is 7.83. The number of carboxylic acid groups (broad SMARTS) is 1. The van der Waals surface area contributed by atoms with Crippen molar-refractivity contribution in [2.24, 2.45) is 11.7 Å². The molecular weight excluding hydrogens is 478 g/mol. The minimum absolute atomic E-state index is 0.0369. The predicted molar refractivity (Wildman–Crippen MR) is 137 cm³/mol. The lowest BCUT2D eigenvalue weighted by atomic mass is 10.0. The molecule has 3 rings (SSSR count). The van der Waals surface area contributed by atoms with Crippen molar-refractivity contribution < 1.29 is 33.8 Å². The van der Waals surface area contributed by atoms with E-state index < -0.39 is 24.0 Å². The van der Waals surface area contributed by atoms with Gasteiger partial charge in [0, 0.05) is 19.0 Å². The van der Waals surface area contributed by atoms with Gasteiger partial charge in [0.25, 0.3) is 5.91 Å². The van der Waals surface area contributed by atoms with Crippen molar-refractivity contribution >= 4 is 23.7 Å². The quantitative estimate of drug-likeness (QED) is 0.442. The number of fused-ring (bicyclic) bond motifs is 1. The number of aliphatic carboxylic acids is 1. The maximum atomic E-state index is 12.8. The van der Waals surface area contributed by atoms with Crippen LogP contribution in [0.15, 0.2) is 42.5 Å². The number of hydrogen-bond acceptors (Lipinski definition) is 6. The normalized spacial score (nSPS) is 13.7. The Balaban J connectivity index is 0.000000341. The molecule has 1 aliphatic heterocycles. The number of primary amides is 1. The fraction of sp³-hybridized carbons (Fsp3) is 0.407. The highest BCUT2D eigenvalue weighted by atomic mass is 16.5. The molecule has 3 amide bonds. The number of carbonyl (C=O) groups excluding carboxylic acids is 3. The molecule has 0 saturated carbocycles. The Kier molecular flexibility index (Phi) is 10.5. The molecule has 0 aliphatic carbocycles. The Morgan fingerprint density at radius 3 is 2.24 bits per heavy atom. The molecule has 4 N–H and O–H groups in total. The standard InChI is InChI=1S/C19H20N2O4.C8H15NO3/c1-24-16-8-7-12(9-17(16)25-2)15(10-18(20)22)21-11-13-5-3-4-6-14(13)19(21)23;1-5(2)4-7(8(11)12)9-6(3)10/h3-9,15H,10-11H2,1-2H3,(H2,20,22);5,7H,4H2,1-3H3,(H,9,10)(H,11,12). The summed E-state index contributed by atoms with van der Waals surface area (Å²) in [5, 5.41) is 11.0. The first kappa shape index (κ1) is 29.2. The van der Waals surface area contributed by atoms with Gasteiger partial charge in [0.15, 0.2) is 11.5 Å². The number of hydrogen-bond donors (Lipinski definition) is 3. The molecule has 37 heavy (non-hydrogen) atoms. The van der Waals surface area contributed by atoms with Crippen LogP contribution in [0.25, 0.3) is 0 Å². The molecule has 2 aromatic carbocycles. The van der Waals surface area contributed by atoms with Crippen molar-refractivity contribution in [2.45, 2.75) is 52.2 Å². The maximum absolute atomic E-state index is 12.8. The third kappa shape index (κ3) is 7.96. The lowest BCUT2D eigenvalue weighted by Crippen LogP contribution is -2.40. The van der Waals surface area contributed by atoms with Crippen LogP contribution in [0.3, 0.4) is 0 Å². The van der Waals surface area contributed by atoms with Crippen LogP contribution in [0.5, 0.6) is 11.5 Å². The van der Waals surface area contributed by atoms with Crippen LogP contribution in [-0.2, 0) is 20.9 Å². The Labute approximate surface area is 216 Å². The maximum Gasteiger partial charge on any atom is 0.326 e. The zero-order chi connectivity index (χ0) is 27.7. The highest BCUT2D eigenvalue weighted by Crippen LogP contribution is 2.37. The van der Waals surface area contributed by atoms with Crippen molar-refractivity contribution in [1.29, 1.82) is 0 Å². The van der Waals surface area contributed by atoms with Gasteiger partial charge in [0.1, 0.15) is 6.04 Å². The van der Waals surface area contributed by atoms with Gasteiger partial charge in [-0.15, -0.1) is 0 Å². The van der Waals surface area contributed by atoms with Gasteiger partial charge >= 0.3 is 5.97 Å². The first-order chi connectivity index (χ1) is 17.5. The monoisotopic (exact) mass is 513 g/mol. The van der Waals surface area contributed by atoms with Crippen molar-refractivity contribution in [3.8, 4) is 11.5 Å². The van der Waals surface area contributed by atoms with Crippen molar-refractivity contribution in [1.82, 2.24) is 10.2 Å². The van der Waals surface area contributed by atoms with E-state index in [-0.39, 0.29) is 24.2 Å². The van der Waals surface area contributed by atoms with Crippen LogP contribution in [-0.4, -0.2) is 54.0 Å². The molecule has 0 fully saturated rings. The summed E-state index contributed by atoms with van der Waals surface area (Å²) < 4.78 is 10.6. The summed E-state index contributed by atoms with van der Waals surface area (Å²) in [7, 11) is 3.10. The summed E-state index contributed by atoms with van der Waals surface area (Å²) in [6.45, 7) is 5.59. The molecule has 10 nitrogen and oxygen atoms in total. The van der Waals surface area contributed by atoms with E-state index in [1.54, 1.807) is 37.3 Å². The Bertz CT molecular complexity index is 1130. The molecule has 0 spiro atoms.